The second-order valence-electron chi connectivity index (χ2n) is 12.3. The zero-order valence-corrected chi connectivity index (χ0v) is 26.2. The van der Waals surface area contributed by atoms with Crippen LogP contribution >= 0.6 is 0 Å². The highest BCUT2D eigenvalue weighted by Crippen LogP contribution is 2.33. The van der Waals surface area contributed by atoms with Crippen LogP contribution < -0.4 is 19.5 Å². The minimum Gasteiger partial charge on any atom is -0.493 e. The highest BCUT2D eigenvalue weighted by atomic mass is 16.5. The van der Waals surface area contributed by atoms with Gasteiger partial charge >= 0.3 is 0 Å². The normalized spacial score (nSPS) is 21.4. The van der Waals surface area contributed by atoms with Crippen molar-refractivity contribution in [3.8, 4) is 17.2 Å². The lowest BCUT2D eigenvalue weighted by Crippen LogP contribution is -2.46. The van der Waals surface area contributed by atoms with Crippen LogP contribution in [0.25, 0.3) is 21.8 Å². The van der Waals surface area contributed by atoms with Crippen LogP contribution in [0.2, 0.25) is 0 Å². The summed E-state index contributed by atoms with van der Waals surface area (Å²) in [6.45, 7) is 4.00. The van der Waals surface area contributed by atoms with Gasteiger partial charge in [-0.1, -0.05) is 43.2 Å². The molecular weight excluding hydrogens is 570 g/mol. The Morgan fingerprint density at radius 1 is 0.933 bits per heavy atom. The van der Waals surface area contributed by atoms with Gasteiger partial charge in [0.15, 0.2) is 11.5 Å². The first kappa shape index (κ1) is 31.6. The molecule has 1 aliphatic carbocycles. The lowest BCUT2D eigenvalue weighted by atomic mass is 9.91. The summed E-state index contributed by atoms with van der Waals surface area (Å²) < 4.78 is 24.0. The van der Waals surface area contributed by atoms with Crippen molar-refractivity contribution in [3.63, 3.8) is 0 Å². The monoisotopic (exact) mass is 617 g/mol. The Bertz CT molecular complexity index is 1530. The number of methoxy groups -OCH3 is 1. The predicted octanol–water partition coefficient (Wildman–Crippen LogP) is 4.67. The number of rotatable bonds is 15. The van der Waals surface area contributed by atoms with Crippen LogP contribution in [-0.2, 0) is 11.2 Å². The molecule has 4 N–H and O–H groups in total. The number of aromatic nitrogens is 1. The molecule has 4 atom stereocenters. The van der Waals surface area contributed by atoms with Gasteiger partial charge in [-0.05, 0) is 61.6 Å². The fourth-order valence-electron chi connectivity index (χ4n) is 6.81. The Morgan fingerprint density at radius 2 is 1.80 bits per heavy atom. The van der Waals surface area contributed by atoms with Crippen molar-refractivity contribution < 1.29 is 29.2 Å². The number of ether oxygens (including phenoxy) is 4. The number of fused-ring (bicyclic) bond motifs is 3. The standard InChI is InChI=1S/C36H47N3O6/c1-42-35-21-25(16-19-43-32-11-5-4-10-31(32)39-18-15-26(40)23-39)13-14-33(35)44-20-17-37-22-27(41)24-45-34-12-6-9-30-36(34)28-7-2-3-8-29(28)38-30/h2-3,6-9,12-14,21,26-27,31-32,37-38,40-41H,4-5,10-11,15-20,22-24H2,1H3/t26?,27?,31-,32-/m0/s1. The van der Waals surface area contributed by atoms with E-state index in [1.807, 2.05) is 42.5 Å². The molecule has 2 heterocycles. The first-order valence-electron chi connectivity index (χ1n) is 16.4. The first-order valence-corrected chi connectivity index (χ1v) is 16.4. The van der Waals surface area contributed by atoms with E-state index in [9.17, 15) is 10.2 Å². The largest absolute Gasteiger partial charge is 0.493 e. The van der Waals surface area contributed by atoms with Gasteiger partial charge in [0.2, 0.25) is 0 Å². The van der Waals surface area contributed by atoms with Crippen molar-refractivity contribution in [2.24, 2.45) is 0 Å². The summed E-state index contributed by atoms with van der Waals surface area (Å²) in [4.78, 5) is 5.85. The molecule has 2 unspecified atom stereocenters. The lowest BCUT2D eigenvalue weighted by molar-refractivity contribution is -0.0316. The number of aromatic amines is 1. The molecule has 0 spiro atoms. The van der Waals surface area contributed by atoms with Gasteiger partial charge in [-0.25, -0.2) is 0 Å². The molecule has 1 saturated heterocycles. The second kappa shape index (κ2) is 15.3. The maximum absolute atomic E-state index is 10.5. The molecule has 6 rings (SSSR count). The Kier molecular flexibility index (Phi) is 10.8. The fraction of sp³-hybridized carbons (Fsp3) is 0.500. The molecule has 2 aliphatic rings. The third-order valence-corrected chi connectivity index (χ3v) is 9.12. The highest BCUT2D eigenvalue weighted by Gasteiger charge is 2.34. The van der Waals surface area contributed by atoms with E-state index in [1.165, 1.54) is 12.8 Å². The molecule has 9 nitrogen and oxygen atoms in total. The van der Waals surface area contributed by atoms with Crippen LogP contribution in [0.4, 0.5) is 0 Å². The summed E-state index contributed by atoms with van der Waals surface area (Å²) in [5.74, 6) is 2.16. The number of benzene rings is 3. The van der Waals surface area contributed by atoms with Crippen LogP contribution in [0.15, 0.2) is 60.7 Å². The van der Waals surface area contributed by atoms with Gasteiger partial charge < -0.3 is 39.5 Å². The Labute approximate surface area is 265 Å². The molecule has 4 aromatic rings. The van der Waals surface area contributed by atoms with E-state index in [-0.39, 0.29) is 18.8 Å². The number of hydrogen-bond donors (Lipinski definition) is 4. The molecule has 3 aromatic carbocycles. The molecule has 1 aliphatic heterocycles. The number of β-amino-alcohol motifs (C(OH)–C–C–N with tert-alkyl or cyclic N) is 1. The molecule has 9 heteroatoms. The Hall–Kier alpha value is -3.34. The van der Waals surface area contributed by atoms with Crippen molar-refractivity contribution in [2.45, 2.75) is 62.9 Å². The van der Waals surface area contributed by atoms with Crippen LogP contribution in [0.1, 0.15) is 37.7 Å². The van der Waals surface area contributed by atoms with Crippen molar-refractivity contribution in [1.82, 2.24) is 15.2 Å². The number of nitrogens with one attached hydrogen (secondary N) is 2. The topological polar surface area (TPSA) is 108 Å². The minimum atomic E-state index is -0.660. The summed E-state index contributed by atoms with van der Waals surface area (Å²) in [7, 11) is 1.66. The zero-order valence-electron chi connectivity index (χ0n) is 26.2. The molecule has 0 bridgehead atoms. The maximum atomic E-state index is 10.5. The van der Waals surface area contributed by atoms with E-state index >= 15 is 0 Å². The van der Waals surface area contributed by atoms with Gasteiger partial charge in [0.05, 0.1) is 31.4 Å². The van der Waals surface area contributed by atoms with Gasteiger partial charge in [0.25, 0.3) is 0 Å². The SMILES string of the molecule is COc1cc(CCO[C@H]2CCCC[C@@H]2N2CCC(O)C2)ccc1OCCNCC(O)COc1cccc2[nH]c3ccccc3c12. The smallest absolute Gasteiger partial charge is 0.161 e. The van der Waals surface area contributed by atoms with Crippen LogP contribution in [0.5, 0.6) is 17.2 Å². The van der Waals surface area contributed by atoms with Crippen LogP contribution in [0, 0.1) is 0 Å². The van der Waals surface area contributed by atoms with Crippen molar-refractivity contribution in [2.75, 3.05) is 53.1 Å². The number of nitrogens with zero attached hydrogens (tertiary/aromatic N) is 1. The number of likely N-dealkylation sites (tertiary alicyclic amines) is 1. The van der Waals surface area contributed by atoms with E-state index in [4.69, 9.17) is 18.9 Å². The number of hydrogen-bond acceptors (Lipinski definition) is 8. The molecule has 242 valence electrons. The van der Waals surface area contributed by atoms with Gasteiger partial charge in [-0.3, -0.25) is 4.90 Å². The highest BCUT2D eigenvalue weighted by molar-refractivity contribution is 6.10. The molecule has 1 aromatic heterocycles. The number of para-hydroxylation sites is 1. The van der Waals surface area contributed by atoms with Gasteiger partial charge in [0, 0.05) is 48.5 Å². The average molecular weight is 618 g/mol. The summed E-state index contributed by atoms with van der Waals surface area (Å²) in [6.07, 6.45) is 5.75. The minimum absolute atomic E-state index is 0.189. The summed E-state index contributed by atoms with van der Waals surface area (Å²) in [5.41, 5.74) is 3.23. The zero-order chi connectivity index (χ0) is 31.0. The molecule has 2 fully saturated rings. The number of H-pyrrole nitrogens is 1. The van der Waals surface area contributed by atoms with E-state index in [1.54, 1.807) is 7.11 Å². The second-order valence-corrected chi connectivity index (χ2v) is 12.3. The van der Waals surface area contributed by atoms with Gasteiger partial charge in [0.1, 0.15) is 25.1 Å². The molecular formula is C36H47N3O6. The number of aliphatic hydroxyl groups is 2. The summed E-state index contributed by atoms with van der Waals surface area (Å²) >= 11 is 0. The summed E-state index contributed by atoms with van der Waals surface area (Å²) in [5, 5.41) is 25.9. The van der Waals surface area contributed by atoms with Crippen molar-refractivity contribution in [1.29, 1.82) is 0 Å². The first-order chi connectivity index (χ1) is 22.1. The predicted molar refractivity (Wildman–Crippen MR) is 177 cm³/mol. The Balaban J connectivity index is 0.910. The van der Waals surface area contributed by atoms with E-state index in [2.05, 4.69) is 33.4 Å². The van der Waals surface area contributed by atoms with Gasteiger partial charge in [-0.2, -0.15) is 0 Å². The van der Waals surface area contributed by atoms with E-state index in [0.29, 0.717) is 43.8 Å². The lowest BCUT2D eigenvalue weighted by Gasteiger charge is -2.37. The number of aliphatic hydroxyl groups excluding tert-OH is 2. The quantitative estimate of drug-likeness (QED) is 0.143. The van der Waals surface area contributed by atoms with E-state index in [0.717, 1.165) is 71.9 Å². The van der Waals surface area contributed by atoms with Crippen molar-refractivity contribution in [3.05, 3.63) is 66.2 Å². The molecule has 0 amide bonds. The van der Waals surface area contributed by atoms with Crippen molar-refractivity contribution >= 4 is 21.8 Å². The third kappa shape index (κ3) is 7.91. The third-order valence-electron chi connectivity index (χ3n) is 9.12. The molecule has 1 saturated carbocycles. The van der Waals surface area contributed by atoms with Gasteiger partial charge in [-0.15, -0.1) is 0 Å². The average Bonchev–Trinajstić information content (AvgIpc) is 3.68. The molecule has 45 heavy (non-hydrogen) atoms. The maximum Gasteiger partial charge on any atom is 0.161 e. The van der Waals surface area contributed by atoms with E-state index < -0.39 is 6.10 Å². The Morgan fingerprint density at radius 3 is 2.67 bits per heavy atom. The summed E-state index contributed by atoms with van der Waals surface area (Å²) in [6, 6.07) is 20.6. The molecule has 0 radical (unpaired) electrons. The van der Waals surface area contributed by atoms with Crippen LogP contribution in [0.3, 0.4) is 0 Å². The van der Waals surface area contributed by atoms with Crippen LogP contribution in [-0.4, -0.2) is 97.6 Å². The fourth-order valence-corrected chi connectivity index (χ4v) is 6.81.